The van der Waals surface area contributed by atoms with Gasteiger partial charge in [0, 0.05) is 13.1 Å². The quantitative estimate of drug-likeness (QED) is 0.801. The molecule has 1 fully saturated rings. The van der Waals surface area contributed by atoms with Gasteiger partial charge in [0.25, 0.3) is 0 Å². The van der Waals surface area contributed by atoms with Crippen molar-refractivity contribution in [3.05, 3.63) is 29.3 Å². The molecule has 0 amide bonds. The van der Waals surface area contributed by atoms with E-state index in [2.05, 4.69) is 0 Å². The average molecular weight is 255 g/mol. The van der Waals surface area contributed by atoms with Crippen LogP contribution in [0.25, 0.3) is 0 Å². The predicted molar refractivity (Wildman–Crippen MR) is 65.5 cm³/mol. The van der Waals surface area contributed by atoms with Crippen molar-refractivity contribution in [1.82, 2.24) is 4.31 Å². The molecule has 1 heterocycles. The maximum absolute atomic E-state index is 12.4. The van der Waals surface area contributed by atoms with Crippen molar-refractivity contribution in [2.45, 2.75) is 18.7 Å². The molecule has 1 aliphatic rings. The highest BCUT2D eigenvalue weighted by Gasteiger charge is 2.27. The van der Waals surface area contributed by atoms with Gasteiger partial charge in [-0.25, -0.2) is 8.42 Å². The van der Waals surface area contributed by atoms with Gasteiger partial charge in [-0.3, -0.25) is 0 Å². The summed E-state index contributed by atoms with van der Waals surface area (Å²) in [6.45, 7) is 5.62. The standard InChI is InChI=1S/C12H17NO3S/c1-10-3-4-12(11(2)9-10)17(14,15)13-5-7-16-8-6-13/h3-4,9H,5-8H2,1-2H3. The topological polar surface area (TPSA) is 46.6 Å². The van der Waals surface area contributed by atoms with Crippen molar-refractivity contribution in [3.8, 4) is 0 Å². The van der Waals surface area contributed by atoms with E-state index in [0.29, 0.717) is 31.2 Å². The van der Waals surface area contributed by atoms with Crippen LogP contribution in [0.2, 0.25) is 0 Å². The molecule has 2 rings (SSSR count). The van der Waals surface area contributed by atoms with Crippen molar-refractivity contribution < 1.29 is 13.2 Å². The number of aryl methyl sites for hydroxylation is 2. The second kappa shape index (κ2) is 4.76. The maximum atomic E-state index is 12.4. The molecule has 0 aliphatic carbocycles. The van der Waals surface area contributed by atoms with Gasteiger partial charge in [-0.2, -0.15) is 4.31 Å². The van der Waals surface area contributed by atoms with Gasteiger partial charge < -0.3 is 4.74 Å². The van der Waals surface area contributed by atoms with Crippen LogP contribution in [0, 0.1) is 13.8 Å². The number of benzene rings is 1. The fraction of sp³-hybridized carbons (Fsp3) is 0.500. The van der Waals surface area contributed by atoms with Crippen molar-refractivity contribution in [2.75, 3.05) is 26.3 Å². The van der Waals surface area contributed by atoms with Gasteiger partial charge in [0.1, 0.15) is 0 Å². The zero-order valence-corrected chi connectivity index (χ0v) is 11.0. The first-order chi connectivity index (χ1) is 8.01. The van der Waals surface area contributed by atoms with Crippen LogP contribution in [0.4, 0.5) is 0 Å². The van der Waals surface area contributed by atoms with E-state index in [1.807, 2.05) is 26.0 Å². The maximum Gasteiger partial charge on any atom is 0.243 e. The molecule has 0 saturated carbocycles. The molecule has 0 unspecified atom stereocenters. The molecular formula is C12H17NO3S. The van der Waals surface area contributed by atoms with Crippen molar-refractivity contribution in [3.63, 3.8) is 0 Å². The number of rotatable bonds is 2. The van der Waals surface area contributed by atoms with Crippen LogP contribution in [0.1, 0.15) is 11.1 Å². The zero-order chi connectivity index (χ0) is 12.5. The number of hydrogen-bond donors (Lipinski definition) is 0. The molecular weight excluding hydrogens is 238 g/mol. The van der Waals surface area contributed by atoms with Crippen LogP contribution in [0.3, 0.4) is 0 Å². The molecule has 17 heavy (non-hydrogen) atoms. The second-order valence-electron chi connectivity index (χ2n) is 4.29. The largest absolute Gasteiger partial charge is 0.379 e. The van der Waals surface area contributed by atoms with Crippen LogP contribution < -0.4 is 0 Å². The highest BCUT2D eigenvalue weighted by molar-refractivity contribution is 7.89. The summed E-state index contributed by atoms with van der Waals surface area (Å²) in [5, 5.41) is 0. The predicted octanol–water partition coefficient (Wildman–Crippen LogP) is 1.32. The summed E-state index contributed by atoms with van der Waals surface area (Å²) in [6, 6.07) is 5.42. The van der Waals surface area contributed by atoms with Crippen molar-refractivity contribution in [1.29, 1.82) is 0 Å². The Morgan fingerprint density at radius 1 is 1.18 bits per heavy atom. The number of sulfonamides is 1. The average Bonchev–Trinajstić information content (AvgIpc) is 2.29. The molecule has 0 aromatic heterocycles. The van der Waals surface area contributed by atoms with Gasteiger partial charge in [0.15, 0.2) is 0 Å². The smallest absolute Gasteiger partial charge is 0.243 e. The van der Waals surface area contributed by atoms with Gasteiger partial charge >= 0.3 is 0 Å². The third kappa shape index (κ3) is 2.51. The van der Waals surface area contributed by atoms with Crippen LogP contribution in [-0.2, 0) is 14.8 Å². The van der Waals surface area contributed by atoms with Gasteiger partial charge in [-0.1, -0.05) is 17.7 Å². The normalized spacial score (nSPS) is 18.2. The van der Waals surface area contributed by atoms with Crippen LogP contribution in [0.15, 0.2) is 23.1 Å². The first-order valence-corrected chi connectivity index (χ1v) is 7.11. The second-order valence-corrected chi connectivity index (χ2v) is 6.19. The molecule has 0 bridgehead atoms. The molecule has 1 aromatic rings. The van der Waals surface area contributed by atoms with E-state index >= 15 is 0 Å². The van der Waals surface area contributed by atoms with Crippen LogP contribution in [0.5, 0.6) is 0 Å². The molecule has 0 N–H and O–H groups in total. The molecule has 1 aromatic carbocycles. The van der Waals surface area contributed by atoms with Crippen LogP contribution in [-0.4, -0.2) is 39.0 Å². The first kappa shape index (κ1) is 12.5. The lowest BCUT2D eigenvalue weighted by Crippen LogP contribution is -2.40. The summed E-state index contributed by atoms with van der Waals surface area (Å²) in [7, 11) is -3.36. The third-order valence-corrected chi connectivity index (χ3v) is 4.98. The molecule has 0 atom stereocenters. The minimum atomic E-state index is -3.36. The summed E-state index contributed by atoms with van der Waals surface area (Å²) in [5.41, 5.74) is 1.87. The highest BCUT2D eigenvalue weighted by atomic mass is 32.2. The Morgan fingerprint density at radius 2 is 1.82 bits per heavy atom. The third-order valence-electron chi connectivity index (χ3n) is 2.92. The van der Waals surface area contributed by atoms with E-state index in [4.69, 9.17) is 4.74 Å². The van der Waals surface area contributed by atoms with Crippen LogP contribution >= 0.6 is 0 Å². The molecule has 1 saturated heterocycles. The van der Waals surface area contributed by atoms with E-state index < -0.39 is 10.0 Å². The molecule has 1 aliphatic heterocycles. The summed E-state index contributed by atoms with van der Waals surface area (Å²) in [5.74, 6) is 0. The van der Waals surface area contributed by atoms with E-state index in [1.54, 1.807) is 6.07 Å². The Morgan fingerprint density at radius 3 is 2.41 bits per heavy atom. The summed E-state index contributed by atoms with van der Waals surface area (Å²) in [4.78, 5) is 0.407. The van der Waals surface area contributed by atoms with E-state index in [9.17, 15) is 8.42 Å². The lowest BCUT2D eigenvalue weighted by Gasteiger charge is -2.26. The van der Waals surface area contributed by atoms with Gasteiger partial charge in [0.2, 0.25) is 10.0 Å². The molecule has 4 nitrogen and oxygen atoms in total. The zero-order valence-electron chi connectivity index (χ0n) is 10.1. The number of hydrogen-bond acceptors (Lipinski definition) is 3. The minimum Gasteiger partial charge on any atom is -0.379 e. The SMILES string of the molecule is Cc1ccc(S(=O)(=O)N2CCOCC2)c(C)c1. The number of ether oxygens (including phenoxy) is 1. The van der Waals surface area contributed by atoms with Gasteiger partial charge in [-0.05, 0) is 25.5 Å². The molecule has 5 heteroatoms. The number of morpholine rings is 1. The van der Waals surface area contributed by atoms with E-state index in [1.165, 1.54) is 4.31 Å². The Hall–Kier alpha value is -0.910. The Bertz CT molecular complexity index is 504. The Labute approximate surface area is 102 Å². The van der Waals surface area contributed by atoms with E-state index in [0.717, 1.165) is 11.1 Å². The Kier molecular flexibility index (Phi) is 3.51. The lowest BCUT2D eigenvalue weighted by molar-refractivity contribution is 0.0730. The summed E-state index contributed by atoms with van der Waals surface area (Å²) >= 11 is 0. The summed E-state index contributed by atoms with van der Waals surface area (Å²) < 4.78 is 31.4. The fourth-order valence-electron chi connectivity index (χ4n) is 2.01. The highest BCUT2D eigenvalue weighted by Crippen LogP contribution is 2.21. The molecule has 0 radical (unpaired) electrons. The van der Waals surface area contributed by atoms with Crippen molar-refractivity contribution in [2.24, 2.45) is 0 Å². The van der Waals surface area contributed by atoms with Crippen molar-refractivity contribution >= 4 is 10.0 Å². The Balaban J connectivity index is 2.37. The monoisotopic (exact) mass is 255 g/mol. The lowest BCUT2D eigenvalue weighted by atomic mass is 10.2. The number of nitrogens with zero attached hydrogens (tertiary/aromatic N) is 1. The molecule has 0 spiro atoms. The first-order valence-electron chi connectivity index (χ1n) is 5.67. The minimum absolute atomic E-state index is 0.407. The van der Waals surface area contributed by atoms with E-state index in [-0.39, 0.29) is 0 Å². The van der Waals surface area contributed by atoms with Gasteiger partial charge in [0.05, 0.1) is 18.1 Å². The van der Waals surface area contributed by atoms with Gasteiger partial charge in [-0.15, -0.1) is 0 Å². The fourth-order valence-corrected chi connectivity index (χ4v) is 3.63. The summed E-state index contributed by atoms with van der Waals surface area (Å²) in [6.07, 6.45) is 0. The molecule has 94 valence electrons.